The molecule has 0 unspecified atom stereocenters. The third-order valence-electron chi connectivity index (χ3n) is 3.92. The van der Waals surface area contributed by atoms with Crippen molar-refractivity contribution in [2.45, 2.75) is 13.0 Å². The Morgan fingerprint density at radius 3 is 2.38 bits per heavy atom. The first-order valence-corrected chi connectivity index (χ1v) is 7.75. The van der Waals surface area contributed by atoms with Crippen molar-refractivity contribution in [2.24, 2.45) is 19.8 Å². The molecule has 0 spiro atoms. The fourth-order valence-corrected chi connectivity index (χ4v) is 2.62. The molecule has 0 fully saturated rings. The molecule has 0 aliphatic heterocycles. The number of nitrogens with two attached hydrogens (primary N) is 1. The van der Waals surface area contributed by atoms with Crippen molar-refractivity contribution in [2.75, 3.05) is 19.6 Å². The second kappa shape index (κ2) is 9.42. The van der Waals surface area contributed by atoms with Gasteiger partial charge in [-0.15, -0.1) is 12.4 Å². The van der Waals surface area contributed by atoms with Crippen LogP contribution in [0.5, 0.6) is 0 Å². The third-order valence-corrected chi connectivity index (χ3v) is 3.92. The average Bonchev–Trinajstić information content (AvgIpc) is 2.56. The molecule has 7 heteroatoms. The summed E-state index contributed by atoms with van der Waals surface area (Å²) in [6, 6.07) is 10.2. The summed E-state index contributed by atoms with van der Waals surface area (Å²) >= 11 is 0. The van der Waals surface area contributed by atoms with Crippen LogP contribution in [-0.2, 0) is 27.1 Å². The van der Waals surface area contributed by atoms with Crippen molar-refractivity contribution in [1.29, 1.82) is 0 Å². The lowest BCUT2D eigenvalue weighted by Gasteiger charge is -2.21. The smallest absolute Gasteiger partial charge is 0.329 e. The molecule has 0 radical (unpaired) electrons. The lowest BCUT2D eigenvalue weighted by atomic mass is 10.1. The third kappa shape index (κ3) is 5.06. The van der Waals surface area contributed by atoms with Gasteiger partial charge in [-0.25, -0.2) is 4.79 Å². The summed E-state index contributed by atoms with van der Waals surface area (Å²) in [5, 5.41) is 0. The Morgan fingerprint density at radius 1 is 1.08 bits per heavy atom. The number of hydrogen-bond acceptors (Lipinski definition) is 4. The Hall–Kier alpha value is -1.89. The van der Waals surface area contributed by atoms with Crippen LogP contribution in [0.4, 0.5) is 0 Å². The fraction of sp³-hybridized carbons (Fsp3) is 0.412. The van der Waals surface area contributed by atoms with Gasteiger partial charge in [0, 0.05) is 52.0 Å². The monoisotopic (exact) mass is 352 g/mol. The number of nitrogens with zero attached hydrogens (tertiary/aromatic N) is 3. The topological polar surface area (TPSA) is 73.3 Å². The van der Waals surface area contributed by atoms with Gasteiger partial charge in [0.2, 0.25) is 0 Å². The summed E-state index contributed by atoms with van der Waals surface area (Å²) in [6.07, 6.45) is 2.52. The van der Waals surface area contributed by atoms with Gasteiger partial charge in [0.15, 0.2) is 0 Å². The number of hydrogen-bond donors (Lipinski definition) is 1. The zero-order valence-corrected chi connectivity index (χ0v) is 15.0. The summed E-state index contributed by atoms with van der Waals surface area (Å²) < 4.78 is 2.59. The zero-order valence-electron chi connectivity index (χ0n) is 14.1. The van der Waals surface area contributed by atoms with E-state index in [1.165, 1.54) is 17.2 Å². The minimum Gasteiger partial charge on any atom is -0.329 e. The first-order chi connectivity index (χ1) is 11.0. The maximum atomic E-state index is 12.2. The van der Waals surface area contributed by atoms with E-state index < -0.39 is 0 Å². The molecule has 132 valence electrons. The van der Waals surface area contributed by atoms with Gasteiger partial charge in [-0.3, -0.25) is 14.3 Å². The van der Waals surface area contributed by atoms with Crippen molar-refractivity contribution in [3.05, 3.63) is 68.5 Å². The molecule has 0 aliphatic rings. The standard InChI is InChI=1S/C17H24N4O2.ClH/c1-19-12-15(16(22)20(2)17(19)23)13-21(11-9-18)10-8-14-6-4-3-5-7-14;/h3-7,12H,8-11,13,18H2,1-2H3;1H. The molecule has 6 nitrogen and oxygen atoms in total. The van der Waals surface area contributed by atoms with Crippen LogP contribution in [0.2, 0.25) is 0 Å². The Bertz CT molecular complexity index is 755. The summed E-state index contributed by atoms with van der Waals surface area (Å²) in [5.41, 5.74) is 7.00. The largest absolute Gasteiger partial charge is 0.330 e. The Morgan fingerprint density at radius 2 is 1.75 bits per heavy atom. The molecule has 1 aromatic heterocycles. The molecular formula is C17H25ClN4O2. The van der Waals surface area contributed by atoms with Crippen LogP contribution in [0.25, 0.3) is 0 Å². The van der Waals surface area contributed by atoms with Crippen molar-refractivity contribution < 1.29 is 0 Å². The van der Waals surface area contributed by atoms with Crippen molar-refractivity contribution in [1.82, 2.24) is 14.0 Å². The highest BCUT2D eigenvalue weighted by Crippen LogP contribution is 2.04. The zero-order chi connectivity index (χ0) is 16.8. The first kappa shape index (κ1) is 20.2. The van der Waals surface area contributed by atoms with Crippen molar-refractivity contribution in [3.63, 3.8) is 0 Å². The van der Waals surface area contributed by atoms with Gasteiger partial charge < -0.3 is 10.3 Å². The second-order valence-electron chi connectivity index (χ2n) is 5.71. The molecular weight excluding hydrogens is 328 g/mol. The Balaban J connectivity index is 0.00000288. The molecule has 1 heterocycles. The SMILES string of the molecule is Cl.Cn1cc(CN(CCN)CCc2ccccc2)c(=O)n(C)c1=O. The van der Waals surface area contributed by atoms with E-state index in [0.29, 0.717) is 25.2 Å². The van der Waals surface area contributed by atoms with Gasteiger partial charge in [-0.2, -0.15) is 0 Å². The van der Waals surface area contributed by atoms with E-state index in [-0.39, 0.29) is 23.7 Å². The number of benzene rings is 1. The molecule has 24 heavy (non-hydrogen) atoms. The Labute approximate surface area is 147 Å². The Kier molecular flexibility index (Phi) is 7.91. The molecule has 2 N–H and O–H groups in total. The van der Waals surface area contributed by atoms with Crippen LogP contribution >= 0.6 is 12.4 Å². The van der Waals surface area contributed by atoms with Crippen LogP contribution in [0.3, 0.4) is 0 Å². The molecule has 2 rings (SSSR count). The molecule has 1 aromatic carbocycles. The van der Waals surface area contributed by atoms with Crippen molar-refractivity contribution in [3.8, 4) is 0 Å². The minimum absolute atomic E-state index is 0. The summed E-state index contributed by atoms with van der Waals surface area (Å²) in [7, 11) is 3.16. The second-order valence-corrected chi connectivity index (χ2v) is 5.71. The highest BCUT2D eigenvalue weighted by atomic mass is 35.5. The molecule has 2 aromatic rings. The summed E-state index contributed by atoms with van der Waals surface area (Å²) in [6.45, 7) is 2.54. The normalized spacial score (nSPS) is 10.7. The predicted molar refractivity (Wildman–Crippen MR) is 98.6 cm³/mol. The van der Waals surface area contributed by atoms with Gasteiger partial charge in [0.05, 0.1) is 0 Å². The van der Waals surface area contributed by atoms with Crippen LogP contribution in [-0.4, -0.2) is 33.7 Å². The van der Waals surface area contributed by atoms with E-state index >= 15 is 0 Å². The van der Waals surface area contributed by atoms with E-state index in [9.17, 15) is 9.59 Å². The summed E-state index contributed by atoms with van der Waals surface area (Å²) in [5.74, 6) is 0. The number of rotatable bonds is 7. The fourth-order valence-electron chi connectivity index (χ4n) is 2.62. The van der Waals surface area contributed by atoms with Crippen molar-refractivity contribution >= 4 is 12.4 Å². The maximum absolute atomic E-state index is 12.2. The first-order valence-electron chi connectivity index (χ1n) is 7.75. The number of halogens is 1. The van der Waals surface area contributed by atoms with E-state index in [4.69, 9.17) is 5.73 Å². The van der Waals surface area contributed by atoms with Gasteiger partial charge in [0.25, 0.3) is 5.56 Å². The average molecular weight is 353 g/mol. The van der Waals surface area contributed by atoms with E-state index in [1.807, 2.05) is 18.2 Å². The molecule has 0 aliphatic carbocycles. The molecule has 0 amide bonds. The molecule has 0 saturated heterocycles. The van der Waals surface area contributed by atoms with Crippen LogP contribution < -0.4 is 17.0 Å². The summed E-state index contributed by atoms with van der Waals surface area (Å²) in [4.78, 5) is 26.2. The maximum Gasteiger partial charge on any atom is 0.330 e. The quantitative estimate of drug-likeness (QED) is 0.788. The highest BCUT2D eigenvalue weighted by molar-refractivity contribution is 5.85. The van der Waals surface area contributed by atoms with Gasteiger partial charge in [-0.1, -0.05) is 30.3 Å². The lowest BCUT2D eigenvalue weighted by molar-refractivity contribution is 0.273. The predicted octanol–water partition coefficient (Wildman–Crippen LogP) is 0.509. The van der Waals surface area contributed by atoms with Gasteiger partial charge in [0.1, 0.15) is 0 Å². The highest BCUT2D eigenvalue weighted by Gasteiger charge is 2.11. The van der Waals surface area contributed by atoms with E-state index in [2.05, 4.69) is 17.0 Å². The molecule has 0 saturated carbocycles. The van der Waals surface area contributed by atoms with Crippen LogP contribution in [0.15, 0.2) is 46.1 Å². The van der Waals surface area contributed by atoms with E-state index in [0.717, 1.165) is 17.5 Å². The van der Waals surface area contributed by atoms with Gasteiger partial charge >= 0.3 is 5.69 Å². The van der Waals surface area contributed by atoms with E-state index in [1.54, 1.807) is 13.2 Å². The van der Waals surface area contributed by atoms with Crippen LogP contribution in [0.1, 0.15) is 11.1 Å². The molecule has 0 atom stereocenters. The molecule has 0 bridgehead atoms. The minimum atomic E-state index is -0.312. The lowest BCUT2D eigenvalue weighted by Crippen LogP contribution is -2.41. The number of aromatic nitrogens is 2. The number of aryl methyl sites for hydroxylation is 1. The van der Waals surface area contributed by atoms with Crippen LogP contribution in [0, 0.1) is 0 Å². The van der Waals surface area contributed by atoms with Gasteiger partial charge in [-0.05, 0) is 12.0 Å².